The number of likely N-dealkylation sites (tertiary alicyclic amines) is 1. The summed E-state index contributed by atoms with van der Waals surface area (Å²) in [7, 11) is 0. The fourth-order valence-electron chi connectivity index (χ4n) is 3.34. The Labute approximate surface area is 167 Å². The lowest BCUT2D eigenvalue weighted by Gasteiger charge is -2.18. The van der Waals surface area contributed by atoms with Gasteiger partial charge in [0, 0.05) is 25.4 Å². The summed E-state index contributed by atoms with van der Waals surface area (Å²) in [4.78, 5) is 38.4. The third-order valence-corrected chi connectivity index (χ3v) is 4.97. The van der Waals surface area contributed by atoms with Crippen molar-refractivity contribution in [2.24, 2.45) is 11.7 Å². The van der Waals surface area contributed by atoms with Crippen LogP contribution in [-0.2, 0) is 16.1 Å². The van der Waals surface area contributed by atoms with Crippen LogP contribution < -0.4 is 5.73 Å². The molecule has 0 unspecified atom stereocenters. The molecule has 8 nitrogen and oxygen atoms in total. The second kappa shape index (κ2) is 8.43. The Balaban J connectivity index is 1.78. The van der Waals surface area contributed by atoms with Crippen LogP contribution in [0, 0.1) is 5.92 Å². The van der Waals surface area contributed by atoms with E-state index in [1.165, 1.54) is 15.8 Å². The summed E-state index contributed by atoms with van der Waals surface area (Å²) in [6.45, 7) is 2.73. The number of ether oxygens (including phenoxy) is 1. The number of amides is 2. The smallest absolute Gasteiger partial charge is 0.338 e. The number of benzene rings is 1. The van der Waals surface area contributed by atoms with E-state index in [4.69, 9.17) is 22.1 Å². The number of hydrogen-bond acceptors (Lipinski definition) is 5. The average molecular weight is 405 g/mol. The van der Waals surface area contributed by atoms with Crippen LogP contribution in [0.15, 0.2) is 36.5 Å². The first kappa shape index (κ1) is 19.9. The Bertz CT molecular complexity index is 883. The molecule has 148 valence electrons. The fourth-order valence-corrected chi connectivity index (χ4v) is 3.56. The van der Waals surface area contributed by atoms with Gasteiger partial charge in [-0.25, -0.2) is 4.79 Å². The number of aromatic nitrogens is 2. The molecule has 2 heterocycles. The largest absolute Gasteiger partial charge is 0.457 e. The van der Waals surface area contributed by atoms with E-state index in [0.717, 1.165) is 0 Å². The predicted molar refractivity (Wildman–Crippen MR) is 102 cm³/mol. The van der Waals surface area contributed by atoms with E-state index in [9.17, 15) is 14.4 Å². The van der Waals surface area contributed by atoms with E-state index < -0.39 is 18.0 Å². The number of carbonyl (C=O) groups is 3. The van der Waals surface area contributed by atoms with Gasteiger partial charge in [-0.15, -0.1) is 0 Å². The monoisotopic (exact) mass is 404 g/mol. The van der Waals surface area contributed by atoms with Gasteiger partial charge >= 0.3 is 5.97 Å². The summed E-state index contributed by atoms with van der Waals surface area (Å²) >= 11 is 6.13. The molecular formula is C19H21ClN4O4. The molecule has 1 aliphatic heterocycles. The van der Waals surface area contributed by atoms with Crippen LogP contribution in [0.1, 0.15) is 34.2 Å². The maximum Gasteiger partial charge on any atom is 0.338 e. The van der Waals surface area contributed by atoms with E-state index in [-0.39, 0.29) is 42.1 Å². The van der Waals surface area contributed by atoms with Crippen molar-refractivity contribution >= 4 is 29.4 Å². The molecule has 0 saturated carbocycles. The minimum absolute atomic E-state index is 0.0112. The van der Waals surface area contributed by atoms with Crippen molar-refractivity contribution in [3.63, 3.8) is 0 Å². The molecule has 1 aromatic carbocycles. The van der Waals surface area contributed by atoms with Crippen molar-refractivity contribution in [2.45, 2.75) is 26.0 Å². The highest BCUT2D eigenvalue weighted by Gasteiger charge is 2.40. The number of carbonyl (C=O) groups excluding carboxylic acids is 3. The number of primary amides is 1. The molecule has 9 heteroatoms. The first-order valence-electron chi connectivity index (χ1n) is 8.95. The average Bonchev–Trinajstić information content (AvgIpc) is 3.24. The van der Waals surface area contributed by atoms with Crippen molar-refractivity contribution < 1.29 is 19.1 Å². The van der Waals surface area contributed by atoms with Crippen LogP contribution in [0.4, 0.5) is 0 Å². The third-order valence-electron chi connectivity index (χ3n) is 4.70. The molecule has 1 aromatic heterocycles. The lowest BCUT2D eigenvalue weighted by Crippen LogP contribution is -2.32. The van der Waals surface area contributed by atoms with Crippen molar-refractivity contribution in [3.05, 3.63) is 52.8 Å². The molecule has 2 amide bonds. The van der Waals surface area contributed by atoms with Crippen LogP contribution in [0.3, 0.4) is 0 Å². The highest BCUT2D eigenvalue weighted by Crippen LogP contribution is 2.27. The molecule has 0 spiro atoms. The zero-order valence-electron chi connectivity index (χ0n) is 15.4. The minimum atomic E-state index is -0.638. The van der Waals surface area contributed by atoms with E-state index in [2.05, 4.69) is 5.10 Å². The van der Waals surface area contributed by atoms with Crippen molar-refractivity contribution in [3.8, 4) is 0 Å². The second-order valence-corrected chi connectivity index (χ2v) is 7.01. The summed E-state index contributed by atoms with van der Waals surface area (Å²) in [5.74, 6) is -1.73. The predicted octanol–water partition coefficient (Wildman–Crippen LogP) is 1.73. The highest BCUT2D eigenvalue weighted by molar-refractivity contribution is 6.33. The van der Waals surface area contributed by atoms with E-state index >= 15 is 0 Å². The molecule has 1 fully saturated rings. The normalized spacial score (nSPS) is 18.9. The molecule has 2 aromatic rings. The molecule has 3 rings (SSSR count). The standard InChI is InChI=1S/C19H21ClN4O4/c1-2-24-17(14(20)9-22-24)18(26)23-10-13(8-16(21)25)15(11-23)28-19(27)12-6-4-3-5-7-12/h3-7,9,13,15H,2,8,10-11H2,1H3,(H2,21,25)/t13-,15+/m0/s1. The number of nitrogens with zero attached hydrogens (tertiary/aromatic N) is 3. The SMILES string of the molecule is CCn1ncc(Cl)c1C(=O)N1C[C@H](CC(N)=O)[C@H](OC(=O)c2ccccc2)C1. The van der Waals surface area contributed by atoms with E-state index in [1.54, 1.807) is 30.3 Å². The summed E-state index contributed by atoms with van der Waals surface area (Å²) in [6.07, 6.45) is 0.792. The van der Waals surface area contributed by atoms with Crippen LogP contribution in [0.2, 0.25) is 5.02 Å². The lowest BCUT2D eigenvalue weighted by molar-refractivity contribution is -0.119. The maximum absolute atomic E-state index is 13.0. The van der Waals surface area contributed by atoms with Gasteiger partial charge in [0.15, 0.2) is 0 Å². The molecule has 1 saturated heterocycles. The Morgan fingerprint density at radius 2 is 1.96 bits per heavy atom. The number of rotatable bonds is 6. The summed E-state index contributed by atoms with van der Waals surface area (Å²) in [5, 5.41) is 4.33. The van der Waals surface area contributed by atoms with Gasteiger partial charge < -0.3 is 15.4 Å². The van der Waals surface area contributed by atoms with Gasteiger partial charge in [-0.05, 0) is 19.1 Å². The molecule has 0 radical (unpaired) electrons. The molecule has 1 aliphatic rings. The number of nitrogens with two attached hydrogens (primary N) is 1. The summed E-state index contributed by atoms with van der Waals surface area (Å²) < 4.78 is 7.11. The summed E-state index contributed by atoms with van der Waals surface area (Å²) in [5.41, 5.74) is 6.02. The Morgan fingerprint density at radius 3 is 2.61 bits per heavy atom. The number of halogens is 1. The van der Waals surface area contributed by atoms with Gasteiger partial charge in [0.2, 0.25) is 5.91 Å². The molecule has 28 heavy (non-hydrogen) atoms. The Kier molecular flexibility index (Phi) is 5.99. The van der Waals surface area contributed by atoms with Gasteiger partial charge in [-0.1, -0.05) is 29.8 Å². The number of hydrogen-bond donors (Lipinski definition) is 1. The van der Waals surface area contributed by atoms with Gasteiger partial charge in [0.05, 0.1) is 23.3 Å². The Morgan fingerprint density at radius 1 is 1.25 bits per heavy atom. The third kappa shape index (κ3) is 4.17. The van der Waals surface area contributed by atoms with Crippen molar-refractivity contribution in [1.82, 2.24) is 14.7 Å². The van der Waals surface area contributed by atoms with Crippen LogP contribution >= 0.6 is 11.6 Å². The zero-order chi connectivity index (χ0) is 20.3. The zero-order valence-corrected chi connectivity index (χ0v) is 16.1. The van der Waals surface area contributed by atoms with Gasteiger partial charge in [0.1, 0.15) is 11.8 Å². The Hall–Kier alpha value is -2.87. The second-order valence-electron chi connectivity index (χ2n) is 6.61. The van der Waals surface area contributed by atoms with Crippen LogP contribution in [0.5, 0.6) is 0 Å². The topological polar surface area (TPSA) is 108 Å². The van der Waals surface area contributed by atoms with Gasteiger partial charge in [-0.3, -0.25) is 14.3 Å². The molecule has 0 aliphatic carbocycles. The van der Waals surface area contributed by atoms with Crippen LogP contribution in [0.25, 0.3) is 0 Å². The minimum Gasteiger partial charge on any atom is -0.457 e. The van der Waals surface area contributed by atoms with Crippen LogP contribution in [-0.4, -0.2) is 51.7 Å². The van der Waals surface area contributed by atoms with Crippen molar-refractivity contribution in [2.75, 3.05) is 13.1 Å². The molecule has 2 N–H and O–H groups in total. The van der Waals surface area contributed by atoms with E-state index in [0.29, 0.717) is 12.1 Å². The first-order chi connectivity index (χ1) is 13.4. The lowest BCUT2D eigenvalue weighted by atomic mass is 10.0. The number of aryl methyl sites for hydroxylation is 1. The molecular weight excluding hydrogens is 384 g/mol. The van der Waals surface area contributed by atoms with E-state index in [1.807, 2.05) is 6.92 Å². The first-order valence-corrected chi connectivity index (χ1v) is 9.33. The molecule has 0 bridgehead atoms. The molecule has 2 atom stereocenters. The summed E-state index contributed by atoms with van der Waals surface area (Å²) in [6, 6.07) is 8.54. The van der Waals surface area contributed by atoms with Gasteiger partial charge in [0.25, 0.3) is 5.91 Å². The quantitative estimate of drug-likeness (QED) is 0.737. The fraction of sp³-hybridized carbons (Fsp3) is 0.368. The van der Waals surface area contributed by atoms with Crippen molar-refractivity contribution in [1.29, 1.82) is 0 Å². The number of esters is 1. The van der Waals surface area contributed by atoms with Gasteiger partial charge in [-0.2, -0.15) is 5.10 Å². The highest BCUT2D eigenvalue weighted by atomic mass is 35.5. The maximum atomic E-state index is 13.0.